The van der Waals surface area contributed by atoms with E-state index >= 15 is 0 Å². The maximum atomic E-state index is 14.0. The Hall–Kier alpha value is -2.79. The molecule has 2 aromatic heterocycles. The minimum absolute atomic E-state index is 0.0162. The molecule has 7 nitrogen and oxygen atoms in total. The molecule has 0 spiro atoms. The van der Waals surface area contributed by atoms with Gasteiger partial charge < -0.3 is 20.9 Å². The molecule has 1 aliphatic heterocycles. The molecule has 4 N–H and O–H groups in total. The zero-order valence-corrected chi connectivity index (χ0v) is 17.3. The minimum atomic E-state index is -0.775. The number of carbonyl (C=O) groups is 1. The van der Waals surface area contributed by atoms with Gasteiger partial charge in [-0.15, -0.1) is 11.3 Å². The highest BCUT2D eigenvalue weighted by Gasteiger charge is 2.34. The molecule has 0 aliphatic carbocycles. The van der Waals surface area contributed by atoms with Crippen molar-refractivity contribution in [1.29, 1.82) is 0 Å². The summed E-state index contributed by atoms with van der Waals surface area (Å²) in [4.78, 5) is 20.9. The summed E-state index contributed by atoms with van der Waals surface area (Å²) in [6, 6.07) is 4.77. The lowest BCUT2D eigenvalue weighted by Gasteiger charge is -2.36. The Kier molecular flexibility index (Phi) is 6.05. The summed E-state index contributed by atoms with van der Waals surface area (Å²) >= 11 is 0.966. The lowest BCUT2D eigenvalue weighted by atomic mass is 9.93. The SMILES string of the molecule is CC1OC(c2ccncc2NC(=O)c2csc(-c3c(F)cccc3F)n2)CC(N)C1O. The molecule has 4 rings (SSSR count). The molecule has 0 bridgehead atoms. The highest BCUT2D eigenvalue weighted by Crippen LogP contribution is 2.35. The van der Waals surface area contributed by atoms with Crippen molar-refractivity contribution in [3.63, 3.8) is 0 Å². The Morgan fingerprint density at radius 1 is 1.32 bits per heavy atom. The predicted molar refractivity (Wildman–Crippen MR) is 112 cm³/mol. The number of hydrogen-bond acceptors (Lipinski definition) is 7. The topological polar surface area (TPSA) is 110 Å². The van der Waals surface area contributed by atoms with Gasteiger partial charge in [0.25, 0.3) is 5.91 Å². The predicted octanol–water partition coefficient (Wildman–Crippen LogP) is 3.27. The van der Waals surface area contributed by atoms with Crippen LogP contribution in [-0.2, 0) is 4.74 Å². The number of thiazole rings is 1. The number of aromatic nitrogens is 2. The number of pyridine rings is 1. The molecule has 1 amide bonds. The van der Waals surface area contributed by atoms with E-state index in [1.807, 2.05) is 0 Å². The number of aliphatic hydroxyl groups is 1. The van der Waals surface area contributed by atoms with Gasteiger partial charge in [-0.2, -0.15) is 0 Å². The molecule has 31 heavy (non-hydrogen) atoms. The largest absolute Gasteiger partial charge is 0.389 e. The first kappa shape index (κ1) is 21.4. The average molecular weight is 446 g/mol. The van der Waals surface area contributed by atoms with Crippen LogP contribution < -0.4 is 11.1 Å². The molecular formula is C21H20F2N4O3S. The molecule has 162 valence electrons. The number of aliphatic hydroxyl groups excluding tert-OH is 1. The minimum Gasteiger partial charge on any atom is -0.389 e. The van der Waals surface area contributed by atoms with Crippen LogP contribution in [0.4, 0.5) is 14.5 Å². The van der Waals surface area contributed by atoms with Gasteiger partial charge in [-0.05, 0) is 31.5 Å². The van der Waals surface area contributed by atoms with Gasteiger partial charge in [0.05, 0.1) is 35.8 Å². The zero-order valence-electron chi connectivity index (χ0n) is 16.5. The summed E-state index contributed by atoms with van der Waals surface area (Å²) in [7, 11) is 0. The number of rotatable bonds is 4. The van der Waals surface area contributed by atoms with Crippen molar-refractivity contribution in [3.8, 4) is 10.6 Å². The van der Waals surface area contributed by atoms with Crippen LogP contribution >= 0.6 is 11.3 Å². The van der Waals surface area contributed by atoms with E-state index in [9.17, 15) is 18.7 Å². The van der Waals surface area contributed by atoms with E-state index in [-0.39, 0.29) is 16.3 Å². The van der Waals surface area contributed by atoms with Crippen molar-refractivity contribution in [1.82, 2.24) is 9.97 Å². The van der Waals surface area contributed by atoms with Crippen molar-refractivity contribution in [2.75, 3.05) is 5.32 Å². The molecule has 10 heteroatoms. The van der Waals surface area contributed by atoms with E-state index < -0.39 is 41.9 Å². The summed E-state index contributed by atoms with van der Waals surface area (Å²) in [6.45, 7) is 1.73. The number of nitrogens with one attached hydrogen (secondary N) is 1. The molecule has 0 radical (unpaired) electrons. The molecule has 0 saturated carbocycles. The standard InChI is InChI=1S/C21H20F2N4O3S/c1-10-19(28)14(24)7-17(30-10)11-5-6-25-8-15(11)26-20(29)16-9-31-21(27-16)18-12(22)3-2-4-13(18)23/h2-6,8-10,14,17,19,28H,7,24H2,1H3,(H,26,29). The van der Waals surface area contributed by atoms with Crippen molar-refractivity contribution in [2.45, 2.75) is 37.7 Å². The fourth-order valence-electron chi connectivity index (χ4n) is 3.50. The molecule has 4 atom stereocenters. The number of nitrogens with two attached hydrogens (primary N) is 1. The lowest BCUT2D eigenvalue weighted by Crippen LogP contribution is -2.48. The first-order valence-electron chi connectivity index (χ1n) is 9.59. The number of halogens is 2. The number of ether oxygens (including phenoxy) is 1. The summed E-state index contributed by atoms with van der Waals surface area (Å²) in [5.41, 5.74) is 6.83. The molecule has 1 fully saturated rings. The molecule has 3 aromatic rings. The number of benzene rings is 1. The smallest absolute Gasteiger partial charge is 0.275 e. The van der Waals surface area contributed by atoms with E-state index in [1.165, 1.54) is 17.6 Å². The summed E-state index contributed by atoms with van der Waals surface area (Å²) < 4.78 is 33.9. The van der Waals surface area contributed by atoms with Crippen LogP contribution in [0.5, 0.6) is 0 Å². The van der Waals surface area contributed by atoms with Crippen LogP contribution in [0.3, 0.4) is 0 Å². The monoisotopic (exact) mass is 446 g/mol. The fraction of sp³-hybridized carbons (Fsp3) is 0.286. The molecule has 1 aliphatic rings. The van der Waals surface area contributed by atoms with Gasteiger partial charge in [0.2, 0.25) is 0 Å². The van der Waals surface area contributed by atoms with E-state index in [1.54, 1.807) is 19.2 Å². The molecular weight excluding hydrogens is 426 g/mol. The molecule has 3 heterocycles. The fourth-order valence-corrected chi connectivity index (χ4v) is 4.35. The van der Waals surface area contributed by atoms with Gasteiger partial charge in [0.1, 0.15) is 22.3 Å². The molecule has 1 saturated heterocycles. The van der Waals surface area contributed by atoms with Crippen molar-refractivity contribution >= 4 is 22.9 Å². The first-order chi connectivity index (χ1) is 14.8. The Bertz CT molecular complexity index is 1080. The zero-order chi connectivity index (χ0) is 22.1. The number of nitrogens with zero attached hydrogens (tertiary/aromatic N) is 2. The van der Waals surface area contributed by atoms with Gasteiger partial charge in [-0.3, -0.25) is 9.78 Å². The average Bonchev–Trinajstić information content (AvgIpc) is 3.22. The Morgan fingerprint density at radius 2 is 2.06 bits per heavy atom. The number of hydrogen-bond donors (Lipinski definition) is 3. The molecule has 4 unspecified atom stereocenters. The van der Waals surface area contributed by atoms with Gasteiger partial charge >= 0.3 is 0 Å². The van der Waals surface area contributed by atoms with E-state index in [0.717, 1.165) is 23.5 Å². The Morgan fingerprint density at radius 3 is 2.77 bits per heavy atom. The van der Waals surface area contributed by atoms with E-state index in [2.05, 4.69) is 15.3 Å². The normalized spacial score (nSPS) is 23.5. The maximum Gasteiger partial charge on any atom is 0.275 e. The second-order valence-corrected chi connectivity index (χ2v) is 8.13. The second-order valence-electron chi connectivity index (χ2n) is 7.27. The summed E-state index contributed by atoms with van der Waals surface area (Å²) in [5, 5.41) is 14.2. The first-order valence-corrected chi connectivity index (χ1v) is 10.5. The lowest BCUT2D eigenvalue weighted by molar-refractivity contribution is -0.119. The maximum absolute atomic E-state index is 14.0. The Labute approximate surface area is 180 Å². The second kappa shape index (κ2) is 8.75. The van der Waals surface area contributed by atoms with Crippen LogP contribution in [0.2, 0.25) is 0 Å². The van der Waals surface area contributed by atoms with Crippen LogP contribution in [0.15, 0.2) is 42.0 Å². The van der Waals surface area contributed by atoms with Crippen molar-refractivity contribution < 1.29 is 23.4 Å². The van der Waals surface area contributed by atoms with Gasteiger partial charge in [-0.25, -0.2) is 13.8 Å². The molecule has 1 aromatic carbocycles. The van der Waals surface area contributed by atoms with Gasteiger partial charge in [0, 0.05) is 23.2 Å². The third-order valence-electron chi connectivity index (χ3n) is 5.15. The van der Waals surface area contributed by atoms with Gasteiger partial charge in [-0.1, -0.05) is 6.07 Å². The van der Waals surface area contributed by atoms with Crippen LogP contribution in [0.25, 0.3) is 10.6 Å². The van der Waals surface area contributed by atoms with Crippen LogP contribution in [0, 0.1) is 11.6 Å². The number of amides is 1. The van der Waals surface area contributed by atoms with E-state index in [4.69, 9.17) is 10.5 Å². The van der Waals surface area contributed by atoms with Crippen LogP contribution in [-0.4, -0.2) is 39.2 Å². The number of anilines is 1. The third-order valence-corrected chi connectivity index (χ3v) is 6.01. The summed E-state index contributed by atoms with van der Waals surface area (Å²) in [6.07, 6.45) is 1.72. The quantitative estimate of drug-likeness (QED) is 0.567. The van der Waals surface area contributed by atoms with Gasteiger partial charge in [0.15, 0.2) is 0 Å². The Balaban J connectivity index is 1.56. The highest BCUT2D eigenvalue weighted by molar-refractivity contribution is 7.13. The number of carbonyl (C=O) groups excluding carboxylic acids is 1. The summed E-state index contributed by atoms with van der Waals surface area (Å²) in [5.74, 6) is -2.06. The third kappa shape index (κ3) is 4.33. The van der Waals surface area contributed by atoms with E-state index in [0.29, 0.717) is 17.7 Å². The van der Waals surface area contributed by atoms with Crippen molar-refractivity contribution in [2.24, 2.45) is 5.73 Å². The van der Waals surface area contributed by atoms with Crippen LogP contribution in [0.1, 0.15) is 35.5 Å². The highest BCUT2D eigenvalue weighted by atomic mass is 32.1. The van der Waals surface area contributed by atoms with Crippen molar-refractivity contribution in [3.05, 3.63) is 64.9 Å².